The van der Waals surface area contributed by atoms with Crippen LogP contribution in [-0.4, -0.2) is 6.54 Å². The Morgan fingerprint density at radius 1 is 1.32 bits per heavy atom. The first-order chi connectivity index (χ1) is 9.06. The molecule has 2 nitrogen and oxygen atoms in total. The lowest BCUT2D eigenvalue weighted by Gasteiger charge is -2.26. The maximum absolute atomic E-state index is 13.3. The van der Waals surface area contributed by atoms with Gasteiger partial charge in [0.2, 0.25) is 0 Å². The van der Waals surface area contributed by atoms with Crippen LogP contribution in [0.3, 0.4) is 0 Å². The number of anilines is 2. The van der Waals surface area contributed by atoms with Crippen LogP contribution in [0, 0.1) is 17.7 Å². The maximum atomic E-state index is 13.3. The van der Waals surface area contributed by atoms with E-state index in [2.05, 4.69) is 28.2 Å². The number of rotatable bonds is 4. The molecule has 0 bridgehead atoms. The molecule has 1 aliphatic carbocycles. The highest BCUT2D eigenvalue weighted by Gasteiger charge is 2.17. The van der Waals surface area contributed by atoms with Gasteiger partial charge in [-0.1, -0.05) is 32.6 Å². The summed E-state index contributed by atoms with van der Waals surface area (Å²) < 4.78 is 13.7. The van der Waals surface area contributed by atoms with Crippen molar-refractivity contribution < 1.29 is 4.39 Å². The molecule has 1 aliphatic rings. The molecule has 0 amide bonds. The van der Waals surface area contributed by atoms with Crippen LogP contribution < -0.4 is 11.1 Å². The summed E-state index contributed by atoms with van der Waals surface area (Å²) in [5.41, 5.74) is 7.09. The Morgan fingerprint density at radius 3 is 2.68 bits per heavy atom. The number of nitrogen functional groups attached to an aromatic ring is 1. The molecule has 0 aliphatic heterocycles. The van der Waals surface area contributed by atoms with Gasteiger partial charge in [0.15, 0.2) is 0 Å². The smallest absolute Gasteiger partial charge is 0.139 e. The largest absolute Gasteiger partial charge is 0.397 e. The van der Waals surface area contributed by atoms with Crippen LogP contribution >= 0.6 is 15.9 Å². The van der Waals surface area contributed by atoms with Crippen LogP contribution in [0.15, 0.2) is 16.6 Å². The summed E-state index contributed by atoms with van der Waals surface area (Å²) in [5.74, 6) is 1.41. The highest BCUT2D eigenvalue weighted by Crippen LogP contribution is 2.31. The number of hydrogen-bond donors (Lipinski definition) is 2. The van der Waals surface area contributed by atoms with Crippen molar-refractivity contribution in [3.8, 4) is 0 Å². The molecule has 1 saturated carbocycles. The van der Waals surface area contributed by atoms with Crippen LogP contribution in [0.5, 0.6) is 0 Å². The van der Waals surface area contributed by atoms with Crippen molar-refractivity contribution in [1.29, 1.82) is 0 Å². The van der Waals surface area contributed by atoms with Gasteiger partial charge in [0, 0.05) is 12.6 Å². The van der Waals surface area contributed by atoms with E-state index in [1.165, 1.54) is 38.2 Å². The van der Waals surface area contributed by atoms with Crippen LogP contribution in [-0.2, 0) is 0 Å². The van der Waals surface area contributed by atoms with Crippen molar-refractivity contribution in [2.75, 3.05) is 17.6 Å². The zero-order valence-electron chi connectivity index (χ0n) is 11.4. The Labute approximate surface area is 123 Å². The molecule has 0 atom stereocenters. The minimum atomic E-state index is -0.315. The van der Waals surface area contributed by atoms with E-state index in [1.807, 2.05) is 0 Å². The van der Waals surface area contributed by atoms with Gasteiger partial charge >= 0.3 is 0 Å². The van der Waals surface area contributed by atoms with Gasteiger partial charge in [0.1, 0.15) is 5.82 Å². The van der Waals surface area contributed by atoms with E-state index in [9.17, 15) is 4.39 Å². The fourth-order valence-corrected chi connectivity index (χ4v) is 3.09. The van der Waals surface area contributed by atoms with Gasteiger partial charge in [-0.15, -0.1) is 0 Å². The normalized spacial score (nSPS) is 23.3. The third kappa shape index (κ3) is 4.10. The minimum absolute atomic E-state index is 0.315. The van der Waals surface area contributed by atoms with E-state index >= 15 is 0 Å². The number of benzene rings is 1. The number of nitrogens with one attached hydrogen (secondary N) is 1. The van der Waals surface area contributed by atoms with Crippen molar-refractivity contribution in [2.45, 2.75) is 39.0 Å². The van der Waals surface area contributed by atoms with E-state index in [-0.39, 0.29) is 5.82 Å². The summed E-state index contributed by atoms with van der Waals surface area (Å²) in [5, 5.41) is 3.32. The quantitative estimate of drug-likeness (QED) is 0.779. The lowest BCUT2D eigenvalue weighted by atomic mass is 9.81. The van der Waals surface area contributed by atoms with Gasteiger partial charge in [-0.05, 0) is 40.3 Å². The monoisotopic (exact) mass is 328 g/mol. The first kappa shape index (κ1) is 14.6. The summed E-state index contributed by atoms with van der Waals surface area (Å²) in [4.78, 5) is 0. The van der Waals surface area contributed by atoms with Gasteiger partial charge in [-0.3, -0.25) is 0 Å². The van der Waals surface area contributed by atoms with Crippen LogP contribution in [0.2, 0.25) is 0 Å². The van der Waals surface area contributed by atoms with E-state index in [0.717, 1.165) is 24.1 Å². The highest BCUT2D eigenvalue weighted by atomic mass is 79.9. The molecule has 0 unspecified atom stereocenters. The Kier molecular flexibility index (Phi) is 5.08. The molecule has 0 aromatic heterocycles. The summed E-state index contributed by atoms with van der Waals surface area (Å²) in [6.07, 6.45) is 6.56. The second-order valence-electron chi connectivity index (χ2n) is 5.69. The molecule has 2 rings (SSSR count). The molecule has 0 saturated heterocycles. The fourth-order valence-electron chi connectivity index (χ4n) is 2.74. The van der Waals surface area contributed by atoms with E-state index in [0.29, 0.717) is 10.2 Å². The molecule has 0 heterocycles. The predicted octanol–water partition coefficient (Wildman–Crippen LogP) is 4.80. The van der Waals surface area contributed by atoms with Gasteiger partial charge in [0.05, 0.1) is 15.8 Å². The lowest BCUT2D eigenvalue weighted by molar-refractivity contribution is 0.282. The number of halogens is 2. The molecule has 3 N–H and O–H groups in total. The van der Waals surface area contributed by atoms with Crippen molar-refractivity contribution in [1.82, 2.24) is 0 Å². The Morgan fingerprint density at radius 2 is 2.00 bits per heavy atom. The Balaban J connectivity index is 1.81. The van der Waals surface area contributed by atoms with Gasteiger partial charge in [0.25, 0.3) is 0 Å². The summed E-state index contributed by atoms with van der Waals surface area (Å²) in [6.45, 7) is 3.24. The molecule has 106 valence electrons. The van der Waals surface area contributed by atoms with Gasteiger partial charge in [-0.25, -0.2) is 4.39 Å². The molecular formula is C15H22BrFN2. The molecule has 1 aromatic rings. The van der Waals surface area contributed by atoms with Crippen molar-refractivity contribution in [3.63, 3.8) is 0 Å². The van der Waals surface area contributed by atoms with Crippen LogP contribution in [0.25, 0.3) is 0 Å². The molecule has 1 fully saturated rings. The van der Waals surface area contributed by atoms with Gasteiger partial charge < -0.3 is 11.1 Å². The summed E-state index contributed by atoms with van der Waals surface area (Å²) >= 11 is 3.18. The number of hydrogen-bond acceptors (Lipinski definition) is 2. The zero-order chi connectivity index (χ0) is 13.8. The summed E-state index contributed by atoms with van der Waals surface area (Å²) in [6, 6.07) is 3.07. The average molecular weight is 329 g/mol. The molecule has 4 heteroatoms. The van der Waals surface area contributed by atoms with Crippen molar-refractivity contribution >= 4 is 27.3 Å². The Hall–Kier alpha value is -0.770. The van der Waals surface area contributed by atoms with Crippen LogP contribution in [0.1, 0.15) is 39.0 Å². The molecule has 19 heavy (non-hydrogen) atoms. The third-order valence-electron chi connectivity index (χ3n) is 4.10. The second kappa shape index (κ2) is 6.60. The standard InChI is InChI=1S/C15H22BrFN2/c1-10-2-4-11(5-3-10)6-7-19-15-8-12(16)13(17)9-14(15)18/h8-11,19H,2-7,18H2,1H3. The molecule has 0 radical (unpaired) electrons. The van der Waals surface area contributed by atoms with E-state index in [1.54, 1.807) is 6.07 Å². The lowest BCUT2D eigenvalue weighted by Crippen LogP contribution is -2.16. The molecule has 1 aromatic carbocycles. The second-order valence-corrected chi connectivity index (χ2v) is 6.55. The fraction of sp³-hybridized carbons (Fsp3) is 0.600. The van der Waals surface area contributed by atoms with E-state index < -0.39 is 0 Å². The van der Waals surface area contributed by atoms with Crippen molar-refractivity contribution in [2.24, 2.45) is 11.8 Å². The SMILES string of the molecule is CC1CCC(CCNc2cc(Br)c(F)cc2N)CC1. The van der Waals surface area contributed by atoms with Crippen LogP contribution in [0.4, 0.5) is 15.8 Å². The third-order valence-corrected chi connectivity index (χ3v) is 4.70. The zero-order valence-corrected chi connectivity index (χ0v) is 13.0. The average Bonchev–Trinajstić information content (AvgIpc) is 2.38. The molecule has 0 spiro atoms. The predicted molar refractivity (Wildman–Crippen MR) is 82.7 cm³/mol. The maximum Gasteiger partial charge on any atom is 0.139 e. The first-order valence-electron chi connectivity index (χ1n) is 7.04. The molecular weight excluding hydrogens is 307 g/mol. The first-order valence-corrected chi connectivity index (χ1v) is 7.84. The van der Waals surface area contributed by atoms with Gasteiger partial charge in [-0.2, -0.15) is 0 Å². The minimum Gasteiger partial charge on any atom is -0.397 e. The van der Waals surface area contributed by atoms with E-state index in [4.69, 9.17) is 5.73 Å². The van der Waals surface area contributed by atoms with Crippen molar-refractivity contribution in [3.05, 3.63) is 22.4 Å². The Bertz CT molecular complexity index is 428. The highest BCUT2D eigenvalue weighted by molar-refractivity contribution is 9.10. The summed E-state index contributed by atoms with van der Waals surface area (Å²) in [7, 11) is 0. The number of nitrogens with two attached hydrogens (primary N) is 1. The topological polar surface area (TPSA) is 38.0 Å².